The van der Waals surface area contributed by atoms with Crippen LogP contribution in [-0.4, -0.2) is 33.6 Å². The molecule has 0 bridgehead atoms. The Bertz CT molecular complexity index is 1370. The number of fused-ring (bicyclic) bond motifs is 2. The molecule has 2 aromatic heterocycles. The minimum absolute atomic E-state index is 0.275. The molecule has 1 atom stereocenters. The van der Waals surface area contributed by atoms with Crippen molar-refractivity contribution in [2.45, 2.75) is 18.3 Å². The maximum Gasteiger partial charge on any atom is 0.573 e. The summed E-state index contributed by atoms with van der Waals surface area (Å²) in [6.45, 7) is 0.275. The number of halogens is 3. The monoisotopic (exact) mass is 468 g/mol. The van der Waals surface area contributed by atoms with E-state index >= 15 is 0 Å². The zero-order chi connectivity index (χ0) is 23.9. The van der Waals surface area contributed by atoms with E-state index in [2.05, 4.69) is 20.1 Å². The molecule has 10 heteroatoms. The van der Waals surface area contributed by atoms with Crippen LogP contribution in [0.2, 0.25) is 0 Å². The maximum absolute atomic E-state index is 13.6. The van der Waals surface area contributed by atoms with E-state index in [4.69, 9.17) is 4.74 Å². The fraction of sp³-hybridized carbons (Fsp3) is 0.208. The van der Waals surface area contributed by atoms with Crippen LogP contribution in [0.5, 0.6) is 11.5 Å². The van der Waals surface area contributed by atoms with Crippen molar-refractivity contribution in [1.82, 2.24) is 20.1 Å². The van der Waals surface area contributed by atoms with Crippen molar-refractivity contribution in [2.24, 2.45) is 7.05 Å². The molecule has 3 heterocycles. The van der Waals surface area contributed by atoms with Crippen LogP contribution in [0.15, 0.2) is 67.0 Å². The first kappa shape index (κ1) is 21.7. The molecule has 1 aliphatic rings. The summed E-state index contributed by atoms with van der Waals surface area (Å²) < 4.78 is 49.4. The summed E-state index contributed by atoms with van der Waals surface area (Å²) in [5, 5.41) is 8.02. The summed E-state index contributed by atoms with van der Waals surface area (Å²) in [6, 6.07) is 14.2. The van der Waals surface area contributed by atoms with Gasteiger partial charge in [-0.05, 0) is 42.0 Å². The van der Waals surface area contributed by atoms with Crippen LogP contribution < -0.4 is 14.8 Å². The highest BCUT2D eigenvalue weighted by atomic mass is 19.4. The summed E-state index contributed by atoms with van der Waals surface area (Å²) >= 11 is 0. The number of alkyl halides is 3. The average Bonchev–Trinajstić information content (AvgIpc) is 3.19. The quantitative estimate of drug-likeness (QED) is 0.483. The van der Waals surface area contributed by atoms with Gasteiger partial charge in [0, 0.05) is 25.1 Å². The van der Waals surface area contributed by atoms with Gasteiger partial charge in [0.2, 0.25) is 0 Å². The minimum atomic E-state index is -4.80. The molecule has 0 radical (unpaired) electrons. The van der Waals surface area contributed by atoms with Crippen LogP contribution in [0.4, 0.5) is 13.2 Å². The topological polar surface area (TPSA) is 78.3 Å². The lowest BCUT2D eigenvalue weighted by Crippen LogP contribution is -2.50. The Kier molecular flexibility index (Phi) is 5.15. The highest BCUT2D eigenvalue weighted by Crippen LogP contribution is 2.41. The van der Waals surface area contributed by atoms with Crippen molar-refractivity contribution < 1.29 is 27.4 Å². The van der Waals surface area contributed by atoms with Gasteiger partial charge in [0.15, 0.2) is 0 Å². The molecule has 7 nitrogen and oxygen atoms in total. The summed E-state index contributed by atoms with van der Waals surface area (Å²) in [4.78, 5) is 18.1. The Labute approximate surface area is 192 Å². The molecule has 0 aliphatic carbocycles. The molecule has 2 aromatic carbocycles. The first-order valence-electron chi connectivity index (χ1n) is 10.4. The third-order valence-corrected chi connectivity index (χ3v) is 5.85. The molecule has 5 rings (SSSR count). The van der Waals surface area contributed by atoms with E-state index in [0.29, 0.717) is 34.4 Å². The van der Waals surface area contributed by atoms with Gasteiger partial charge in [-0.15, -0.1) is 13.2 Å². The summed E-state index contributed by atoms with van der Waals surface area (Å²) in [5.74, 6) is -0.233. The lowest BCUT2D eigenvalue weighted by molar-refractivity contribution is -0.274. The molecule has 4 aromatic rings. The zero-order valence-electron chi connectivity index (χ0n) is 18.0. The van der Waals surface area contributed by atoms with Crippen LogP contribution in [0, 0.1) is 0 Å². The SMILES string of the molecule is Cn1ncc2c(C(=O)N[C@]3(c4ccc(OC(F)(F)F)cc4)CCOc4cccnc43)cccc21. The van der Waals surface area contributed by atoms with Crippen LogP contribution >= 0.6 is 0 Å². The standard InChI is InChI=1S/C24H19F3N4O3/c1-31-19-5-2-4-17(18(19)14-29-31)22(32)30-23(11-13-33-20-6-3-12-28-21(20)23)15-7-9-16(10-8-15)34-24(25,26)27/h2-10,12,14H,11,13H2,1H3,(H,30,32)/t23-/m0/s1. The third kappa shape index (κ3) is 3.81. The number of carbonyl (C=O) groups is 1. The Morgan fingerprint density at radius 1 is 1.15 bits per heavy atom. The average molecular weight is 468 g/mol. The van der Waals surface area contributed by atoms with Gasteiger partial charge in [0.25, 0.3) is 5.91 Å². The van der Waals surface area contributed by atoms with E-state index in [9.17, 15) is 18.0 Å². The van der Waals surface area contributed by atoms with Crippen LogP contribution in [0.25, 0.3) is 10.9 Å². The number of nitrogens with zero attached hydrogens (tertiary/aromatic N) is 3. The maximum atomic E-state index is 13.6. The summed E-state index contributed by atoms with van der Waals surface area (Å²) in [6.07, 6.45) is -1.28. The largest absolute Gasteiger partial charge is 0.573 e. The van der Waals surface area contributed by atoms with Crippen molar-refractivity contribution in [3.8, 4) is 11.5 Å². The van der Waals surface area contributed by atoms with Gasteiger partial charge in [0.1, 0.15) is 22.7 Å². The molecule has 1 aliphatic heterocycles. The van der Waals surface area contributed by atoms with E-state index in [-0.39, 0.29) is 18.3 Å². The van der Waals surface area contributed by atoms with Gasteiger partial charge < -0.3 is 14.8 Å². The fourth-order valence-electron chi connectivity index (χ4n) is 4.31. The number of hydrogen-bond acceptors (Lipinski definition) is 5. The first-order valence-corrected chi connectivity index (χ1v) is 10.4. The van der Waals surface area contributed by atoms with E-state index in [1.165, 1.54) is 24.3 Å². The van der Waals surface area contributed by atoms with Crippen molar-refractivity contribution in [3.05, 3.63) is 83.8 Å². The number of hydrogen-bond donors (Lipinski definition) is 1. The number of nitrogens with one attached hydrogen (secondary N) is 1. The van der Waals surface area contributed by atoms with Crippen molar-refractivity contribution in [2.75, 3.05) is 6.61 Å². The van der Waals surface area contributed by atoms with Gasteiger partial charge >= 0.3 is 6.36 Å². The number of aromatic nitrogens is 3. The highest BCUT2D eigenvalue weighted by Gasteiger charge is 2.43. The number of benzene rings is 2. The molecule has 0 unspecified atom stereocenters. The van der Waals surface area contributed by atoms with Gasteiger partial charge in [0.05, 0.1) is 23.9 Å². The fourth-order valence-corrected chi connectivity index (χ4v) is 4.31. The van der Waals surface area contributed by atoms with E-state index < -0.39 is 11.9 Å². The van der Waals surface area contributed by atoms with Gasteiger partial charge in [-0.2, -0.15) is 5.10 Å². The number of ether oxygens (including phenoxy) is 2. The van der Waals surface area contributed by atoms with E-state index in [1.54, 1.807) is 48.4 Å². The number of pyridine rings is 1. The van der Waals surface area contributed by atoms with Crippen LogP contribution in [-0.2, 0) is 12.6 Å². The second-order valence-electron chi connectivity index (χ2n) is 7.89. The molecule has 0 saturated heterocycles. The predicted octanol–water partition coefficient (Wildman–Crippen LogP) is 4.32. The lowest BCUT2D eigenvalue weighted by Gasteiger charge is -2.39. The molecule has 174 valence electrons. The zero-order valence-corrected chi connectivity index (χ0v) is 18.0. The summed E-state index contributed by atoms with van der Waals surface area (Å²) in [5.41, 5.74) is 1.11. The molecular formula is C24H19F3N4O3. The Hall–Kier alpha value is -4.08. The molecule has 0 fully saturated rings. The van der Waals surface area contributed by atoms with Gasteiger partial charge in [-0.3, -0.25) is 14.5 Å². The van der Waals surface area contributed by atoms with Crippen molar-refractivity contribution in [1.29, 1.82) is 0 Å². The molecule has 34 heavy (non-hydrogen) atoms. The van der Waals surface area contributed by atoms with Crippen molar-refractivity contribution in [3.63, 3.8) is 0 Å². The van der Waals surface area contributed by atoms with E-state index in [0.717, 1.165) is 5.52 Å². The Morgan fingerprint density at radius 3 is 2.71 bits per heavy atom. The molecular weight excluding hydrogens is 449 g/mol. The number of carbonyl (C=O) groups excluding carboxylic acids is 1. The number of rotatable bonds is 4. The van der Waals surface area contributed by atoms with Crippen LogP contribution in [0.3, 0.4) is 0 Å². The second kappa shape index (κ2) is 8.05. The number of amides is 1. The molecule has 0 spiro atoms. The molecule has 1 amide bonds. The van der Waals surface area contributed by atoms with Gasteiger partial charge in [-0.1, -0.05) is 18.2 Å². The van der Waals surface area contributed by atoms with Gasteiger partial charge in [-0.25, -0.2) is 0 Å². The number of aryl methyl sites for hydroxylation is 1. The highest BCUT2D eigenvalue weighted by molar-refractivity contribution is 6.06. The Balaban J connectivity index is 1.59. The smallest absolute Gasteiger partial charge is 0.491 e. The first-order chi connectivity index (χ1) is 16.3. The Morgan fingerprint density at radius 2 is 1.94 bits per heavy atom. The normalized spacial score (nSPS) is 17.6. The lowest BCUT2D eigenvalue weighted by atomic mass is 9.81. The molecule has 1 N–H and O–H groups in total. The van der Waals surface area contributed by atoms with E-state index in [1.807, 2.05) is 6.07 Å². The second-order valence-corrected chi connectivity index (χ2v) is 7.89. The summed E-state index contributed by atoms with van der Waals surface area (Å²) in [7, 11) is 1.79. The minimum Gasteiger partial charge on any atom is -0.491 e. The van der Waals surface area contributed by atoms with Crippen molar-refractivity contribution >= 4 is 16.8 Å². The third-order valence-electron chi connectivity index (χ3n) is 5.85. The predicted molar refractivity (Wildman–Crippen MR) is 116 cm³/mol. The van der Waals surface area contributed by atoms with Crippen LogP contribution in [0.1, 0.15) is 28.0 Å². The molecule has 0 saturated carbocycles.